The van der Waals surface area contributed by atoms with E-state index in [9.17, 15) is 13.2 Å². The first-order chi connectivity index (χ1) is 9.75. The van der Waals surface area contributed by atoms with E-state index in [1.165, 1.54) is 6.07 Å². The molecule has 0 saturated carbocycles. The van der Waals surface area contributed by atoms with Gasteiger partial charge in [0.1, 0.15) is 0 Å². The molecule has 1 atom stereocenters. The molecule has 0 heterocycles. The van der Waals surface area contributed by atoms with Gasteiger partial charge in [-0.1, -0.05) is 13.0 Å². The molecule has 0 aliphatic carbocycles. The number of aryl methyl sites for hydroxylation is 1. The van der Waals surface area contributed by atoms with Crippen LogP contribution < -0.4 is 5.32 Å². The maximum atomic E-state index is 12.7. The molecule has 0 saturated heterocycles. The van der Waals surface area contributed by atoms with Crippen molar-refractivity contribution in [3.05, 3.63) is 34.9 Å². The van der Waals surface area contributed by atoms with Crippen LogP contribution in [0.2, 0.25) is 0 Å². The summed E-state index contributed by atoms with van der Waals surface area (Å²) >= 11 is 0. The smallest absolute Gasteiger partial charge is 0.377 e. The topological polar surface area (TPSA) is 21.3 Å². The van der Waals surface area contributed by atoms with Crippen molar-refractivity contribution in [2.45, 2.75) is 52.4 Å². The Labute approximate surface area is 124 Å². The molecule has 0 aromatic heterocycles. The average molecular weight is 303 g/mol. The highest BCUT2D eigenvalue weighted by Crippen LogP contribution is 2.31. The van der Waals surface area contributed by atoms with E-state index in [2.05, 4.69) is 5.32 Å². The third-order valence-corrected chi connectivity index (χ3v) is 3.21. The van der Waals surface area contributed by atoms with Gasteiger partial charge in [-0.3, -0.25) is 0 Å². The zero-order chi connectivity index (χ0) is 16.0. The Balaban J connectivity index is 2.95. The fourth-order valence-corrected chi connectivity index (χ4v) is 2.11. The van der Waals surface area contributed by atoms with Crippen molar-refractivity contribution in [2.75, 3.05) is 13.2 Å². The predicted octanol–water partition coefficient (Wildman–Crippen LogP) is 4.48. The van der Waals surface area contributed by atoms with E-state index < -0.39 is 11.7 Å². The lowest BCUT2D eigenvalue weighted by Gasteiger charge is -2.23. The van der Waals surface area contributed by atoms with E-state index in [1.54, 1.807) is 13.0 Å². The molecule has 0 radical (unpaired) electrons. The Hall–Kier alpha value is -1.07. The Morgan fingerprint density at radius 1 is 1.24 bits per heavy atom. The van der Waals surface area contributed by atoms with Gasteiger partial charge >= 0.3 is 6.18 Å². The normalized spacial score (nSPS) is 13.7. The second-order valence-corrected chi connectivity index (χ2v) is 5.46. The Bertz CT molecular complexity index is 444. The fraction of sp³-hybridized carbons (Fsp3) is 0.625. The quantitative estimate of drug-likeness (QED) is 0.802. The largest absolute Gasteiger partial charge is 0.416 e. The van der Waals surface area contributed by atoms with Gasteiger partial charge in [0.05, 0.1) is 24.3 Å². The number of benzene rings is 1. The number of hydrogen-bond donors (Lipinski definition) is 1. The van der Waals surface area contributed by atoms with Crippen LogP contribution in [0, 0.1) is 6.92 Å². The molecule has 1 N–H and O–H groups in total. The van der Waals surface area contributed by atoms with Gasteiger partial charge in [-0.25, -0.2) is 0 Å². The predicted molar refractivity (Wildman–Crippen MR) is 78.3 cm³/mol. The number of alkyl halides is 3. The molecule has 0 spiro atoms. The van der Waals surface area contributed by atoms with Crippen LogP contribution in [0.15, 0.2) is 18.2 Å². The van der Waals surface area contributed by atoms with Crippen molar-refractivity contribution in [1.29, 1.82) is 0 Å². The first kappa shape index (κ1) is 18.0. The van der Waals surface area contributed by atoms with Crippen molar-refractivity contribution < 1.29 is 17.9 Å². The number of hydrogen-bond acceptors (Lipinski definition) is 2. The fourth-order valence-electron chi connectivity index (χ4n) is 2.11. The van der Waals surface area contributed by atoms with Crippen LogP contribution in [-0.2, 0) is 10.9 Å². The van der Waals surface area contributed by atoms with Crippen LogP contribution in [0.3, 0.4) is 0 Å². The summed E-state index contributed by atoms with van der Waals surface area (Å²) in [6.07, 6.45) is -3.26. The van der Waals surface area contributed by atoms with Gasteiger partial charge in [-0.15, -0.1) is 0 Å². The Morgan fingerprint density at radius 2 is 1.90 bits per heavy atom. The van der Waals surface area contributed by atoms with Gasteiger partial charge < -0.3 is 10.1 Å². The van der Waals surface area contributed by atoms with Crippen LogP contribution in [0.4, 0.5) is 13.2 Å². The molecular formula is C16H24F3NO. The van der Waals surface area contributed by atoms with Crippen molar-refractivity contribution >= 4 is 0 Å². The molecule has 5 heteroatoms. The Kier molecular flexibility index (Phi) is 6.68. The molecule has 0 bridgehead atoms. The maximum absolute atomic E-state index is 12.7. The third kappa shape index (κ3) is 5.67. The van der Waals surface area contributed by atoms with Gasteiger partial charge in [-0.2, -0.15) is 13.2 Å². The molecule has 0 aliphatic rings. The maximum Gasteiger partial charge on any atom is 0.416 e. The summed E-state index contributed by atoms with van der Waals surface area (Å²) in [5.74, 6) is 0. The van der Waals surface area contributed by atoms with Gasteiger partial charge in [0.2, 0.25) is 0 Å². The monoisotopic (exact) mass is 303 g/mol. The highest BCUT2D eigenvalue weighted by atomic mass is 19.4. The molecule has 1 rings (SSSR count). The minimum Gasteiger partial charge on any atom is -0.377 e. The van der Waals surface area contributed by atoms with Crippen LogP contribution in [0.1, 0.15) is 49.9 Å². The zero-order valence-electron chi connectivity index (χ0n) is 13.1. The summed E-state index contributed by atoms with van der Waals surface area (Å²) in [6, 6.07) is 3.80. The summed E-state index contributed by atoms with van der Waals surface area (Å²) < 4.78 is 43.8. The van der Waals surface area contributed by atoms with Crippen molar-refractivity contribution in [1.82, 2.24) is 5.32 Å². The van der Waals surface area contributed by atoms with Gasteiger partial charge in [0.25, 0.3) is 0 Å². The number of nitrogens with one attached hydrogen (secondary N) is 1. The molecule has 2 nitrogen and oxygen atoms in total. The highest BCUT2D eigenvalue weighted by molar-refractivity contribution is 5.34. The summed E-state index contributed by atoms with van der Waals surface area (Å²) in [5.41, 5.74) is 0.880. The first-order valence-electron chi connectivity index (χ1n) is 7.28. The molecule has 1 unspecified atom stereocenters. The average Bonchev–Trinajstić information content (AvgIpc) is 2.38. The molecule has 0 aliphatic heterocycles. The molecule has 1 aromatic rings. The lowest BCUT2D eigenvalue weighted by molar-refractivity contribution is -0.137. The molecule has 0 amide bonds. The van der Waals surface area contributed by atoms with Gasteiger partial charge in [-0.05, 0) is 57.0 Å². The van der Waals surface area contributed by atoms with Gasteiger partial charge in [0.15, 0.2) is 0 Å². The van der Waals surface area contributed by atoms with Crippen molar-refractivity contribution in [3.8, 4) is 0 Å². The number of ether oxygens (including phenoxy) is 1. The summed E-state index contributed by atoms with van der Waals surface area (Å²) in [7, 11) is 0. The van der Waals surface area contributed by atoms with Crippen LogP contribution in [0.25, 0.3) is 0 Å². The van der Waals surface area contributed by atoms with E-state index in [0.717, 1.165) is 24.6 Å². The summed E-state index contributed by atoms with van der Waals surface area (Å²) in [5, 5.41) is 3.33. The number of rotatable bonds is 7. The molecule has 1 aromatic carbocycles. The van der Waals surface area contributed by atoms with Gasteiger partial charge in [0, 0.05) is 0 Å². The van der Waals surface area contributed by atoms with Crippen LogP contribution >= 0.6 is 0 Å². The molecule has 120 valence electrons. The van der Waals surface area contributed by atoms with Crippen molar-refractivity contribution in [2.24, 2.45) is 0 Å². The Morgan fingerprint density at radius 3 is 2.38 bits per heavy atom. The highest BCUT2D eigenvalue weighted by Gasteiger charge is 2.31. The van der Waals surface area contributed by atoms with E-state index in [-0.39, 0.29) is 12.1 Å². The first-order valence-corrected chi connectivity index (χ1v) is 7.28. The van der Waals surface area contributed by atoms with Crippen LogP contribution in [0.5, 0.6) is 0 Å². The third-order valence-electron chi connectivity index (χ3n) is 3.21. The zero-order valence-corrected chi connectivity index (χ0v) is 13.1. The molecular weight excluding hydrogens is 279 g/mol. The molecule has 0 fully saturated rings. The van der Waals surface area contributed by atoms with Crippen molar-refractivity contribution in [3.63, 3.8) is 0 Å². The van der Waals surface area contributed by atoms with E-state index >= 15 is 0 Å². The van der Waals surface area contributed by atoms with E-state index in [0.29, 0.717) is 12.2 Å². The summed E-state index contributed by atoms with van der Waals surface area (Å²) in [6.45, 7) is 8.89. The standard InChI is InChI=1S/C16H24F3NO/c1-5-8-20-15(10-21-11(2)3)14-7-6-13(9-12(14)4)16(17,18)19/h6-7,9,11,15,20H,5,8,10H2,1-4H3. The second kappa shape index (κ2) is 7.80. The van der Waals surface area contributed by atoms with Crippen LogP contribution in [-0.4, -0.2) is 19.3 Å². The second-order valence-electron chi connectivity index (χ2n) is 5.46. The van der Waals surface area contributed by atoms with E-state index in [4.69, 9.17) is 4.74 Å². The number of halogens is 3. The lowest BCUT2D eigenvalue weighted by Crippen LogP contribution is -2.28. The summed E-state index contributed by atoms with van der Waals surface area (Å²) in [4.78, 5) is 0. The minimum atomic E-state index is -4.30. The minimum absolute atomic E-state index is 0.0883. The van der Waals surface area contributed by atoms with E-state index in [1.807, 2.05) is 20.8 Å². The SMILES string of the molecule is CCCNC(COC(C)C)c1ccc(C(F)(F)F)cc1C. The lowest BCUT2D eigenvalue weighted by atomic mass is 9.99. The molecule has 21 heavy (non-hydrogen) atoms.